The second-order valence-corrected chi connectivity index (χ2v) is 27.5. The molecule has 7 rings (SSSR count). The van der Waals surface area contributed by atoms with Crippen LogP contribution in [0.25, 0.3) is 21.5 Å². The zero-order valence-corrected chi connectivity index (χ0v) is 54.8. The molecule has 1 atom stereocenters. The number of benzene rings is 4. The van der Waals surface area contributed by atoms with Gasteiger partial charge in [0.2, 0.25) is 5.69 Å². The van der Waals surface area contributed by atoms with Crippen LogP contribution in [0.1, 0.15) is 57.6 Å². The van der Waals surface area contributed by atoms with Crippen LogP contribution in [0.15, 0.2) is 92.0 Å². The lowest BCUT2D eigenvalue weighted by Gasteiger charge is -2.31. The number of imide groups is 1. The van der Waals surface area contributed by atoms with E-state index in [1.54, 1.807) is 37.5 Å². The molecule has 33 heteroatoms. The molecule has 3 aliphatic heterocycles. The Morgan fingerprint density at radius 3 is 1.47 bits per heavy atom. The van der Waals surface area contributed by atoms with E-state index in [0.717, 1.165) is 12.1 Å². The number of hydroxylamine groups is 2. The monoisotopic (exact) mass is 1370 g/mol. The van der Waals surface area contributed by atoms with E-state index < -0.39 is 88.7 Å². The summed E-state index contributed by atoms with van der Waals surface area (Å²) in [5.74, 6) is -1.91. The van der Waals surface area contributed by atoms with Crippen molar-refractivity contribution < 1.29 is 123 Å². The lowest BCUT2D eigenvalue weighted by Crippen LogP contribution is -2.32. The van der Waals surface area contributed by atoms with Crippen LogP contribution in [0.4, 0.5) is 11.4 Å². The van der Waals surface area contributed by atoms with Crippen LogP contribution in [0.5, 0.6) is 0 Å². The molecule has 0 spiro atoms. The predicted octanol–water partition coefficient (Wildman–Crippen LogP) is 4.39. The van der Waals surface area contributed by atoms with Crippen LogP contribution in [0.3, 0.4) is 0 Å². The van der Waals surface area contributed by atoms with Crippen molar-refractivity contribution in [2.24, 2.45) is 0 Å². The molecule has 92 heavy (non-hydrogen) atoms. The van der Waals surface area contributed by atoms with Gasteiger partial charge in [-0.05, 0) is 86.0 Å². The Morgan fingerprint density at radius 2 is 0.989 bits per heavy atom. The van der Waals surface area contributed by atoms with Crippen LogP contribution in [0.2, 0.25) is 0 Å². The van der Waals surface area contributed by atoms with E-state index in [9.17, 15) is 66.3 Å². The molecule has 0 radical (unpaired) electrons. The van der Waals surface area contributed by atoms with Gasteiger partial charge in [0.25, 0.3) is 52.3 Å². The number of rotatable bonds is 40. The van der Waals surface area contributed by atoms with Gasteiger partial charge in [-0.15, -0.1) is 5.06 Å². The number of anilines is 1. The summed E-state index contributed by atoms with van der Waals surface area (Å²) in [6, 6.07) is 9.77. The molecule has 4 aromatic carbocycles. The Kier molecular flexibility index (Phi) is 26.1. The summed E-state index contributed by atoms with van der Waals surface area (Å²) in [6.07, 6.45) is 5.36. The second kappa shape index (κ2) is 32.6. The summed E-state index contributed by atoms with van der Waals surface area (Å²) < 4.78 is 202. The van der Waals surface area contributed by atoms with E-state index >= 15 is 0 Å². The van der Waals surface area contributed by atoms with Gasteiger partial charge in [0.1, 0.15) is 16.4 Å². The number of carbonyl (C=O) groups is 3. The quantitative estimate of drug-likeness (QED) is 0.0208. The summed E-state index contributed by atoms with van der Waals surface area (Å²) in [5.41, 5.74) is 0.760. The van der Waals surface area contributed by atoms with Gasteiger partial charge in [-0.3, -0.25) is 27.8 Å². The largest absolute Gasteiger partial charge is 0.383 e. The van der Waals surface area contributed by atoms with Crippen molar-refractivity contribution in [1.82, 2.24) is 5.06 Å². The van der Waals surface area contributed by atoms with Crippen molar-refractivity contribution in [1.29, 1.82) is 0 Å². The fourth-order valence-corrected chi connectivity index (χ4v) is 13.7. The van der Waals surface area contributed by atoms with E-state index in [-0.39, 0.29) is 153 Å². The van der Waals surface area contributed by atoms with Gasteiger partial charge in [-0.25, -0.2) is 4.79 Å². The first kappa shape index (κ1) is 73.6. The third-order valence-electron chi connectivity index (χ3n) is 15.3. The highest BCUT2D eigenvalue weighted by atomic mass is 32.2. The Morgan fingerprint density at radius 1 is 0.543 bits per heavy atom. The molecule has 29 nitrogen and oxygen atoms in total. The molecule has 1 unspecified atom stereocenters. The molecular weight excluding hydrogens is 1290 g/mol. The highest BCUT2D eigenvalue weighted by Crippen LogP contribution is 2.54. The maximum Gasteiger partial charge on any atom is 0.335 e. The normalized spacial score (nSPS) is 17.4. The number of hydrogen-bond acceptors (Lipinski definition) is 23. The van der Waals surface area contributed by atoms with Crippen molar-refractivity contribution in [2.45, 2.75) is 76.9 Å². The minimum atomic E-state index is -5.09. The average molecular weight is 1370 g/mol. The molecule has 0 bridgehead atoms. The first-order valence-electron chi connectivity index (χ1n) is 29.2. The van der Waals surface area contributed by atoms with Crippen molar-refractivity contribution in [3.63, 3.8) is 0 Å². The molecule has 4 aromatic rings. The maximum atomic E-state index is 13.0. The van der Waals surface area contributed by atoms with Gasteiger partial charge in [0.15, 0.2) is 12.3 Å². The number of hydrogen-bond donors (Lipinski definition) is 4. The number of nitrogens with zero attached hydrogens (tertiary/aromatic N) is 3. The third-order valence-corrected chi connectivity index (χ3v) is 18.8. The number of fused-ring (bicyclic) bond motifs is 6. The second-order valence-electron chi connectivity index (χ2n) is 21.8. The fraction of sp³-hybridized carbons (Fsp3) is 0.525. The topological polar surface area (TPSA) is 380 Å². The average Bonchev–Trinajstić information content (AvgIpc) is 1.53. The standard InChI is InChI=1S/C59H77N3O26S4/c1-58(2)51(7-6-8-52-59(3,16-20-81-26-29-85-32-31-83-24-23-79-5)57-46-38-42(90(69,70)71)40-50(92(75,76)77)44(46)10-12-48(57)61(52)17-21-78-4)60(47-11-9-43-45(56(47)58)37-41(89(66,67)68)39-49(43)91(72,73)74)18-22-82-27-30-86-34-36-87-35-33-84-28-25-80-19-15-55(65)88-62-53(63)13-14-54(62)64/h6-12,37-40H,13-36H2,1-5H3,(H3-,66,67,68,69,70,71,72,73,74,75,76,77)/p+1. The summed E-state index contributed by atoms with van der Waals surface area (Å²) >= 11 is 0. The number of methoxy groups -OCH3 is 2. The van der Waals surface area contributed by atoms with Gasteiger partial charge in [-0.2, -0.15) is 38.2 Å². The van der Waals surface area contributed by atoms with Crippen LogP contribution in [0, 0.1) is 0 Å². The van der Waals surface area contributed by atoms with Crippen molar-refractivity contribution in [2.75, 3.05) is 151 Å². The summed E-state index contributed by atoms with van der Waals surface area (Å²) in [6.45, 7) is 9.68. The molecule has 1 saturated heterocycles. The van der Waals surface area contributed by atoms with Gasteiger partial charge in [0.05, 0.1) is 127 Å². The van der Waals surface area contributed by atoms with Gasteiger partial charge >= 0.3 is 5.97 Å². The first-order valence-corrected chi connectivity index (χ1v) is 34.9. The molecule has 4 N–H and O–H groups in total. The minimum absolute atomic E-state index is 0.0000855. The molecule has 1 fully saturated rings. The molecule has 0 saturated carbocycles. The summed E-state index contributed by atoms with van der Waals surface area (Å²) in [5, 5.41) is 0.593. The van der Waals surface area contributed by atoms with Crippen molar-refractivity contribution in [3.05, 3.63) is 83.6 Å². The molecule has 3 aliphatic rings. The SMILES string of the molecule is COCCOCCOCCOCCC1(C)C(=CC=CC2=[N+](CCOCCOCCOCCOCCOCCC(=O)ON3C(=O)CCC3=O)c3ccc4c(S(=O)(=O)O)cc(S(=O)(=O)O)cc4c3C2(C)C)N(CCOC)c2ccc3c(S(=O)(=O)O)cc(S(=O)(=O)O)cc3c21. The van der Waals surface area contributed by atoms with Gasteiger partial charge < -0.3 is 57.1 Å². The van der Waals surface area contributed by atoms with E-state index in [1.165, 1.54) is 19.2 Å². The van der Waals surface area contributed by atoms with E-state index in [2.05, 4.69) is 0 Å². The molecule has 508 valence electrons. The van der Waals surface area contributed by atoms with Crippen LogP contribution < -0.4 is 4.90 Å². The smallest absolute Gasteiger partial charge is 0.335 e. The Labute approximate surface area is 534 Å². The number of allylic oxidation sites excluding steroid dienone is 4. The fourth-order valence-electron chi connectivity index (χ4n) is 11.1. The van der Waals surface area contributed by atoms with E-state index in [4.69, 9.17) is 52.2 Å². The summed E-state index contributed by atoms with van der Waals surface area (Å²) in [4.78, 5) is 38.7. The Bertz CT molecular complexity index is 3880. The number of ether oxygens (including phenoxy) is 10. The van der Waals surface area contributed by atoms with Crippen molar-refractivity contribution in [3.8, 4) is 0 Å². The van der Waals surface area contributed by atoms with Crippen LogP contribution in [-0.4, -0.2) is 231 Å². The predicted molar refractivity (Wildman–Crippen MR) is 329 cm³/mol. The third kappa shape index (κ3) is 18.6. The van der Waals surface area contributed by atoms with Crippen LogP contribution >= 0.6 is 0 Å². The molecule has 2 amide bonds. The highest BCUT2D eigenvalue weighted by molar-refractivity contribution is 7.87. The molecular formula is C59H78N3O26S4+. The highest BCUT2D eigenvalue weighted by Gasteiger charge is 2.48. The maximum absolute atomic E-state index is 13.0. The van der Waals surface area contributed by atoms with E-state index in [0.29, 0.717) is 77.5 Å². The van der Waals surface area contributed by atoms with Crippen LogP contribution in [-0.2, 0) is 118 Å². The Balaban J connectivity index is 1.12. The molecule has 0 aliphatic carbocycles. The van der Waals surface area contributed by atoms with Gasteiger partial charge in [0, 0.05) is 85.5 Å². The van der Waals surface area contributed by atoms with E-state index in [1.807, 2.05) is 30.2 Å². The zero-order valence-electron chi connectivity index (χ0n) is 51.6. The Hall–Kier alpha value is -5.80. The zero-order chi connectivity index (χ0) is 67.1. The number of amides is 2. The molecule has 0 aromatic heterocycles. The minimum Gasteiger partial charge on any atom is -0.383 e. The van der Waals surface area contributed by atoms with Crippen molar-refractivity contribution >= 4 is 96.9 Å². The lowest BCUT2D eigenvalue weighted by atomic mass is 9.76. The summed E-state index contributed by atoms with van der Waals surface area (Å²) in [7, 11) is -17.2. The first-order chi connectivity index (χ1) is 43.5. The molecule has 3 heterocycles. The van der Waals surface area contributed by atoms with Gasteiger partial charge in [-0.1, -0.05) is 12.1 Å². The number of carbonyl (C=O) groups excluding carboxylic acids is 3. The lowest BCUT2D eigenvalue weighted by molar-refractivity contribution is -0.442.